The maximum Gasteiger partial charge on any atom is 0.408 e. The average molecular weight is 498 g/mol. The lowest BCUT2D eigenvalue weighted by Gasteiger charge is -2.20. The topological polar surface area (TPSA) is 128 Å². The first-order valence-corrected chi connectivity index (χ1v) is 11.6. The van der Waals surface area contributed by atoms with E-state index in [-0.39, 0.29) is 13.2 Å². The molecule has 0 radical (unpaired) electrons. The highest BCUT2D eigenvalue weighted by Crippen LogP contribution is 2.23. The van der Waals surface area contributed by atoms with E-state index in [0.717, 1.165) is 16.7 Å². The molecule has 1 aromatic heterocycles. The van der Waals surface area contributed by atoms with Crippen molar-refractivity contribution in [1.29, 1.82) is 0 Å². The number of carbonyl (C=O) groups excluding carboxylic acids is 2. The van der Waals surface area contributed by atoms with Gasteiger partial charge in [-0.05, 0) is 41.0 Å². The van der Waals surface area contributed by atoms with Crippen LogP contribution in [0.15, 0.2) is 97.6 Å². The first-order valence-electron chi connectivity index (χ1n) is 11.6. The summed E-state index contributed by atoms with van der Waals surface area (Å²) in [7, 11) is 0. The fraction of sp³-hybridized carbons (Fsp3) is 0.143. The Kier molecular flexibility index (Phi) is 8.77. The van der Waals surface area contributed by atoms with E-state index in [9.17, 15) is 9.59 Å². The summed E-state index contributed by atoms with van der Waals surface area (Å²) in [4.78, 5) is 34.0. The first-order chi connectivity index (χ1) is 18.1. The van der Waals surface area contributed by atoms with Crippen LogP contribution in [-0.2, 0) is 29.3 Å². The van der Waals surface area contributed by atoms with Crippen LogP contribution in [0.5, 0.6) is 5.75 Å². The molecule has 4 aromatic rings. The smallest absolute Gasteiger partial charge is 0.408 e. The molecule has 9 heteroatoms. The zero-order chi connectivity index (χ0) is 25.9. The van der Waals surface area contributed by atoms with E-state index < -0.39 is 18.0 Å². The predicted molar refractivity (Wildman–Crippen MR) is 138 cm³/mol. The fourth-order valence-electron chi connectivity index (χ4n) is 3.53. The molecule has 9 nitrogen and oxygen atoms in total. The van der Waals surface area contributed by atoms with Gasteiger partial charge in [-0.1, -0.05) is 54.6 Å². The molecule has 4 N–H and O–H groups in total. The zero-order valence-electron chi connectivity index (χ0n) is 20.0. The lowest BCUT2D eigenvalue weighted by atomic mass is 10.1. The quantitative estimate of drug-likeness (QED) is 0.301. The van der Waals surface area contributed by atoms with E-state index in [2.05, 4.69) is 20.6 Å². The minimum atomic E-state index is -1.05. The average Bonchev–Trinajstić information content (AvgIpc) is 2.95. The van der Waals surface area contributed by atoms with Crippen molar-refractivity contribution >= 4 is 17.7 Å². The molecule has 0 spiro atoms. The summed E-state index contributed by atoms with van der Waals surface area (Å²) in [5.41, 5.74) is 9.30. The molecule has 1 heterocycles. The number of hydrogen-bond donors (Lipinski definition) is 3. The summed E-state index contributed by atoms with van der Waals surface area (Å²) in [5, 5.41) is 5.53. The van der Waals surface area contributed by atoms with Gasteiger partial charge in [-0.2, -0.15) is 0 Å². The highest BCUT2D eigenvalue weighted by atomic mass is 16.5. The molecule has 37 heavy (non-hydrogen) atoms. The van der Waals surface area contributed by atoms with Crippen molar-refractivity contribution in [2.45, 2.75) is 25.8 Å². The Bertz CT molecular complexity index is 1320. The van der Waals surface area contributed by atoms with E-state index >= 15 is 0 Å². The highest BCUT2D eigenvalue weighted by Gasteiger charge is 2.24. The summed E-state index contributed by atoms with van der Waals surface area (Å²) in [5.74, 6) is 0.0724. The zero-order valence-corrected chi connectivity index (χ0v) is 20.0. The first kappa shape index (κ1) is 25.3. The van der Waals surface area contributed by atoms with Crippen molar-refractivity contribution in [3.05, 3.63) is 120 Å². The molecule has 1 atom stereocenters. The van der Waals surface area contributed by atoms with E-state index in [1.165, 1.54) is 6.33 Å². The van der Waals surface area contributed by atoms with Crippen molar-refractivity contribution in [2.75, 3.05) is 5.32 Å². The largest absolute Gasteiger partial charge is 0.489 e. The van der Waals surface area contributed by atoms with Crippen LogP contribution in [0.1, 0.15) is 28.3 Å². The molecule has 0 fully saturated rings. The Morgan fingerprint density at radius 1 is 0.838 bits per heavy atom. The monoisotopic (exact) mass is 497 g/mol. The van der Waals surface area contributed by atoms with Crippen LogP contribution in [-0.4, -0.2) is 22.0 Å². The van der Waals surface area contributed by atoms with Crippen molar-refractivity contribution < 1.29 is 19.1 Å². The third-order valence-electron chi connectivity index (χ3n) is 5.38. The van der Waals surface area contributed by atoms with Crippen molar-refractivity contribution in [3.8, 4) is 5.75 Å². The van der Waals surface area contributed by atoms with E-state index in [1.807, 2.05) is 36.4 Å². The number of alkyl carbamates (subject to hydrolysis) is 1. The molecule has 0 bridgehead atoms. The molecule has 2 amide bonds. The summed E-state index contributed by atoms with van der Waals surface area (Å²) < 4.78 is 11.2. The van der Waals surface area contributed by atoms with Gasteiger partial charge in [0.25, 0.3) is 5.91 Å². The lowest BCUT2D eigenvalue weighted by Crippen LogP contribution is -2.37. The van der Waals surface area contributed by atoms with Gasteiger partial charge in [0, 0.05) is 30.2 Å². The van der Waals surface area contributed by atoms with Gasteiger partial charge in [-0.25, -0.2) is 14.8 Å². The summed E-state index contributed by atoms with van der Waals surface area (Å²) in [6.45, 7) is 0.657. The molecular formula is C28H27N5O4. The van der Waals surface area contributed by atoms with Crippen LogP contribution in [0, 0.1) is 0 Å². The van der Waals surface area contributed by atoms with Crippen LogP contribution in [0.25, 0.3) is 0 Å². The molecule has 0 aliphatic rings. The Hall–Kier alpha value is -4.76. The molecule has 0 saturated carbocycles. The molecule has 0 unspecified atom stereocenters. The molecule has 3 aromatic carbocycles. The summed E-state index contributed by atoms with van der Waals surface area (Å²) in [6, 6.07) is 22.4. The van der Waals surface area contributed by atoms with Gasteiger partial charge in [-0.15, -0.1) is 0 Å². The number of nitrogens with zero attached hydrogens (tertiary/aromatic N) is 2. The molecule has 0 saturated heterocycles. The molecule has 0 aliphatic carbocycles. The second kappa shape index (κ2) is 12.8. The minimum Gasteiger partial charge on any atom is -0.489 e. The number of aromatic nitrogens is 2. The number of anilines is 1. The van der Waals surface area contributed by atoms with Crippen LogP contribution < -0.4 is 21.1 Å². The maximum atomic E-state index is 13.3. The van der Waals surface area contributed by atoms with Gasteiger partial charge in [0.2, 0.25) is 0 Å². The van der Waals surface area contributed by atoms with Gasteiger partial charge in [0.15, 0.2) is 0 Å². The van der Waals surface area contributed by atoms with Crippen LogP contribution in [0.3, 0.4) is 0 Å². The molecule has 188 valence electrons. The van der Waals surface area contributed by atoms with Crippen molar-refractivity contribution in [2.24, 2.45) is 5.73 Å². The van der Waals surface area contributed by atoms with Gasteiger partial charge in [0.1, 0.15) is 31.3 Å². The Morgan fingerprint density at radius 2 is 1.59 bits per heavy atom. The number of benzene rings is 3. The highest BCUT2D eigenvalue weighted by molar-refractivity contribution is 5.97. The fourth-order valence-corrected chi connectivity index (χ4v) is 3.53. The summed E-state index contributed by atoms with van der Waals surface area (Å²) in [6.07, 6.45) is 4.03. The van der Waals surface area contributed by atoms with Gasteiger partial charge < -0.3 is 25.8 Å². The number of amides is 2. The number of nitrogens with one attached hydrogen (secondary N) is 2. The standard InChI is InChI=1S/C28H27N5O4/c29-14-21-8-4-10-24(12-21)32-27(34)26(33-28(35)37-17-20-6-2-1-3-7-20)23-9-5-11-25(13-23)36-18-22-15-30-19-31-16-22/h1-13,15-16,19,26H,14,17-18,29H2,(H,32,34)(H,33,35)/t26-/m0/s1. The number of hydrogen-bond acceptors (Lipinski definition) is 7. The maximum absolute atomic E-state index is 13.3. The number of carbonyl (C=O) groups is 2. The Balaban J connectivity index is 1.51. The number of nitrogens with two attached hydrogens (primary N) is 1. The van der Waals surface area contributed by atoms with E-state index in [1.54, 1.807) is 54.9 Å². The third kappa shape index (κ3) is 7.61. The number of rotatable bonds is 10. The van der Waals surface area contributed by atoms with Crippen molar-refractivity contribution in [1.82, 2.24) is 15.3 Å². The molecule has 0 aliphatic heterocycles. The van der Waals surface area contributed by atoms with E-state index in [4.69, 9.17) is 15.2 Å². The van der Waals surface area contributed by atoms with Gasteiger partial charge in [0.05, 0.1) is 0 Å². The number of ether oxygens (including phenoxy) is 2. The Labute approximate surface area is 214 Å². The SMILES string of the molecule is NCc1cccc(NC(=O)[C@@H](NC(=O)OCc2ccccc2)c2cccc(OCc3cncnc3)c2)c1. The molecular weight excluding hydrogens is 470 g/mol. The van der Waals surface area contributed by atoms with E-state index in [0.29, 0.717) is 23.5 Å². The molecule has 4 rings (SSSR count). The normalized spacial score (nSPS) is 11.3. The van der Waals surface area contributed by atoms with Gasteiger partial charge in [-0.3, -0.25) is 4.79 Å². The third-order valence-corrected chi connectivity index (χ3v) is 5.38. The van der Waals surface area contributed by atoms with Crippen LogP contribution in [0.2, 0.25) is 0 Å². The predicted octanol–water partition coefficient (Wildman–Crippen LogP) is 4.12. The minimum absolute atomic E-state index is 0.0713. The van der Waals surface area contributed by atoms with Gasteiger partial charge >= 0.3 is 6.09 Å². The summed E-state index contributed by atoms with van der Waals surface area (Å²) >= 11 is 0. The van der Waals surface area contributed by atoms with Crippen LogP contribution in [0.4, 0.5) is 10.5 Å². The van der Waals surface area contributed by atoms with Crippen LogP contribution >= 0.6 is 0 Å². The second-order valence-electron chi connectivity index (χ2n) is 8.14. The lowest BCUT2D eigenvalue weighted by molar-refractivity contribution is -0.118. The Morgan fingerprint density at radius 3 is 2.38 bits per heavy atom. The van der Waals surface area contributed by atoms with Crippen molar-refractivity contribution in [3.63, 3.8) is 0 Å². The second-order valence-corrected chi connectivity index (χ2v) is 8.14.